The lowest BCUT2D eigenvalue weighted by Crippen LogP contribution is -2.36. The highest BCUT2D eigenvalue weighted by Gasteiger charge is 2.42. The maximum atomic E-state index is 13.4. The monoisotopic (exact) mass is 337 g/mol. The Labute approximate surface area is 137 Å². The van der Waals surface area contributed by atoms with Crippen LogP contribution in [-0.4, -0.2) is 33.7 Å². The van der Waals surface area contributed by atoms with Gasteiger partial charge in [0.2, 0.25) is 0 Å². The minimum Gasteiger partial charge on any atom is -0.339 e. The zero-order chi connectivity index (χ0) is 17.3. The molecule has 1 aliphatic heterocycles. The Balaban J connectivity index is 2.10. The largest absolute Gasteiger partial charge is 0.435 e. The molecule has 3 rings (SSSR count). The Morgan fingerprint density at radius 3 is 2.29 bits per heavy atom. The number of rotatable bonds is 2. The van der Waals surface area contributed by atoms with Crippen LogP contribution in [0.4, 0.5) is 13.2 Å². The maximum absolute atomic E-state index is 13.4. The van der Waals surface area contributed by atoms with E-state index in [0.717, 1.165) is 19.3 Å². The van der Waals surface area contributed by atoms with E-state index in [1.807, 2.05) is 0 Å². The summed E-state index contributed by atoms with van der Waals surface area (Å²) in [5.41, 5.74) is -0.741. The van der Waals surface area contributed by atoms with Crippen LogP contribution in [0, 0.1) is 6.92 Å². The first-order valence-corrected chi connectivity index (χ1v) is 7.91. The van der Waals surface area contributed by atoms with Gasteiger partial charge in [0, 0.05) is 13.1 Å². The summed E-state index contributed by atoms with van der Waals surface area (Å²) in [7, 11) is 0. The van der Waals surface area contributed by atoms with E-state index >= 15 is 0 Å². The summed E-state index contributed by atoms with van der Waals surface area (Å²) < 4.78 is 41.5. The summed E-state index contributed by atoms with van der Waals surface area (Å²) in [4.78, 5) is 14.2. The van der Waals surface area contributed by atoms with Gasteiger partial charge >= 0.3 is 6.18 Å². The van der Waals surface area contributed by atoms with Gasteiger partial charge in [-0.3, -0.25) is 4.79 Å². The molecule has 0 saturated carbocycles. The lowest BCUT2D eigenvalue weighted by atomic mass is 10.1. The zero-order valence-electron chi connectivity index (χ0n) is 13.3. The lowest BCUT2D eigenvalue weighted by Gasteiger charge is -2.27. The highest BCUT2D eigenvalue weighted by molar-refractivity contribution is 5.97. The van der Waals surface area contributed by atoms with Gasteiger partial charge in [0.15, 0.2) is 5.69 Å². The van der Waals surface area contributed by atoms with Crippen LogP contribution in [0.15, 0.2) is 30.3 Å². The number of aromatic nitrogens is 2. The summed E-state index contributed by atoms with van der Waals surface area (Å²) in [5, 5.41) is 3.71. The van der Waals surface area contributed by atoms with Crippen molar-refractivity contribution in [1.82, 2.24) is 14.7 Å². The Morgan fingerprint density at radius 2 is 1.71 bits per heavy atom. The van der Waals surface area contributed by atoms with Crippen molar-refractivity contribution >= 4 is 5.91 Å². The highest BCUT2D eigenvalue weighted by atomic mass is 19.4. The van der Waals surface area contributed by atoms with E-state index in [-0.39, 0.29) is 11.3 Å². The minimum absolute atomic E-state index is 0.212. The van der Waals surface area contributed by atoms with Crippen LogP contribution in [0.5, 0.6) is 0 Å². The number of para-hydroxylation sites is 1. The number of benzene rings is 1. The van der Waals surface area contributed by atoms with Gasteiger partial charge in [-0.25, -0.2) is 4.68 Å². The van der Waals surface area contributed by atoms with E-state index in [1.165, 1.54) is 16.5 Å². The molecule has 0 aliphatic carbocycles. The molecule has 1 aromatic carbocycles. The van der Waals surface area contributed by atoms with Crippen LogP contribution >= 0.6 is 0 Å². The van der Waals surface area contributed by atoms with Crippen LogP contribution < -0.4 is 0 Å². The van der Waals surface area contributed by atoms with Gasteiger partial charge in [-0.15, -0.1) is 0 Å². The number of hydrogen-bond donors (Lipinski definition) is 0. The van der Waals surface area contributed by atoms with Crippen molar-refractivity contribution in [2.24, 2.45) is 0 Å². The molecule has 1 aliphatic rings. The smallest absolute Gasteiger partial charge is 0.339 e. The summed E-state index contributed by atoms with van der Waals surface area (Å²) in [5.74, 6) is -0.582. The lowest BCUT2D eigenvalue weighted by molar-refractivity contribution is -0.141. The summed E-state index contributed by atoms with van der Waals surface area (Å²) >= 11 is 0. The number of carbonyl (C=O) groups excluding carboxylic acids is 1. The van der Waals surface area contributed by atoms with E-state index in [2.05, 4.69) is 5.10 Å². The van der Waals surface area contributed by atoms with Crippen LogP contribution in [0.25, 0.3) is 5.69 Å². The third-order valence-corrected chi connectivity index (χ3v) is 4.24. The number of nitrogens with zero attached hydrogens (tertiary/aromatic N) is 3. The fourth-order valence-corrected chi connectivity index (χ4v) is 3.03. The molecular formula is C17H18F3N3O. The molecule has 7 heteroatoms. The number of amides is 1. The minimum atomic E-state index is -4.68. The van der Waals surface area contributed by atoms with Crippen molar-refractivity contribution in [3.8, 4) is 5.69 Å². The molecule has 24 heavy (non-hydrogen) atoms. The maximum Gasteiger partial charge on any atom is 0.435 e. The number of alkyl halides is 3. The van der Waals surface area contributed by atoms with Crippen molar-refractivity contribution in [3.05, 3.63) is 47.3 Å². The van der Waals surface area contributed by atoms with E-state index in [0.29, 0.717) is 18.8 Å². The summed E-state index contributed by atoms with van der Waals surface area (Å²) in [6.07, 6.45) is -2.04. The Morgan fingerprint density at radius 1 is 1.08 bits per heavy atom. The summed E-state index contributed by atoms with van der Waals surface area (Å²) in [6, 6.07) is 8.53. The number of halogens is 3. The van der Waals surface area contributed by atoms with E-state index in [9.17, 15) is 18.0 Å². The Bertz CT molecular complexity index is 732. The third kappa shape index (κ3) is 3.02. The molecule has 1 fully saturated rings. The van der Waals surface area contributed by atoms with Gasteiger partial charge in [0.1, 0.15) is 0 Å². The quantitative estimate of drug-likeness (QED) is 0.835. The molecule has 0 unspecified atom stereocenters. The molecule has 128 valence electrons. The average Bonchev–Trinajstić information content (AvgIpc) is 2.93. The molecule has 2 aromatic rings. The first kappa shape index (κ1) is 16.5. The molecule has 2 heterocycles. The van der Waals surface area contributed by atoms with Gasteiger partial charge in [-0.05, 0) is 38.3 Å². The normalized spacial score (nSPS) is 15.6. The first-order chi connectivity index (χ1) is 11.4. The second kappa shape index (κ2) is 6.30. The average molecular weight is 337 g/mol. The van der Waals surface area contributed by atoms with Gasteiger partial charge < -0.3 is 4.90 Å². The molecule has 0 radical (unpaired) electrons. The van der Waals surface area contributed by atoms with Crippen molar-refractivity contribution in [1.29, 1.82) is 0 Å². The van der Waals surface area contributed by atoms with E-state index in [1.54, 1.807) is 30.3 Å². The van der Waals surface area contributed by atoms with Gasteiger partial charge in [-0.2, -0.15) is 18.3 Å². The molecule has 1 aromatic heterocycles. The topological polar surface area (TPSA) is 38.1 Å². The fraction of sp³-hybridized carbons (Fsp3) is 0.412. The van der Waals surface area contributed by atoms with Gasteiger partial charge in [0.25, 0.3) is 5.91 Å². The van der Waals surface area contributed by atoms with E-state index < -0.39 is 17.8 Å². The van der Waals surface area contributed by atoms with Crippen molar-refractivity contribution in [3.63, 3.8) is 0 Å². The third-order valence-electron chi connectivity index (χ3n) is 4.24. The molecule has 4 nitrogen and oxygen atoms in total. The molecule has 1 saturated heterocycles. The number of hydrogen-bond acceptors (Lipinski definition) is 2. The van der Waals surface area contributed by atoms with Gasteiger partial charge in [0.05, 0.1) is 16.9 Å². The Kier molecular flexibility index (Phi) is 4.34. The molecule has 1 amide bonds. The number of piperidine rings is 1. The molecule has 0 atom stereocenters. The fourth-order valence-electron chi connectivity index (χ4n) is 3.03. The zero-order valence-corrected chi connectivity index (χ0v) is 13.3. The van der Waals surface area contributed by atoms with E-state index in [4.69, 9.17) is 0 Å². The predicted molar refractivity (Wildman–Crippen MR) is 83.1 cm³/mol. The van der Waals surface area contributed by atoms with Crippen LogP contribution in [-0.2, 0) is 6.18 Å². The second-order valence-corrected chi connectivity index (χ2v) is 5.91. The second-order valence-electron chi connectivity index (χ2n) is 5.91. The highest BCUT2D eigenvalue weighted by Crippen LogP contribution is 2.34. The molecule has 0 bridgehead atoms. The first-order valence-electron chi connectivity index (χ1n) is 7.91. The predicted octanol–water partition coefficient (Wildman–Crippen LogP) is 3.83. The molecule has 0 N–H and O–H groups in total. The van der Waals surface area contributed by atoms with Crippen LogP contribution in [0.1, 0.15) is 41.0 Å². The summed E-state index contributed by atoms with van der Waals surface area (Å²) in [6.45, 7) is 2.49. The standard InChI is InChI=1S/C17H18F3N3O/c1-12-14(16(24)22-10-6-3-7-11-22)15(17(18,19)20)21-23(12)13-8-4-2-5-9-13/h2,4-5,8-9H,3,6-7,10-11H2,1H3. The molecule has 0 spiro atoms. The van der Waals surface area contributed by atoms with Gasteiger partial charge in [-0.1, -0.05) is 18.2 Å². The molecular weight excluding hydrogens is 319 g/mol. The SMILES string of the molecule is Cc1c(C(=O)N2CCCCC2)c(C(F)(F)F)nn1-c1ccccc1. The number of carbonyl (C=O) groups is 1. The Hall–Kier alpha value is -2.31. The van der Waals surface area contributed by atoms with Crippen molar-refractivity contribution in [2.75, 3.05) is 13.1 Å². The van der Waals surface area contributed by atoms with Crippen LogP contribution in [0.3, 0.4) is 0 Å². The van der Waals surface area contributed by atoms with Crippen molar-refractivity contribution in [2.45, 2.75) is 32.4 Å². The number of likely N-dealkylation sites (tertiary alicyclic amines) is 1. The van der Waals surface area contributed by atoms with Crippen molar-refractivity contribution < 1.29 is 18.0 Å². The van der Waals surface area contributed by atoms with Crippen LogP contribution in [0.2, 0.25) is 0 Å².